The number of nitrogens with one attached hydrogen (secondary N) is 1. The van der Waals surface area contributed by atoms with Crippen LogP contribution in [0.3, 0.4) is 0 Å². The third-order valence-electron chi connectivity index (χ3n) is 2.44. The summed E-state index contributed by atoms with van der Waals surface area (Å²) >= 11 is 0. The average molecular weight is 294 g/mol. The highest BCUT2D eigenvalue weighted by Gasteiger charge is 2.36. The standard InChI is InChI=1S/C12H14F4N2O2/c1-7(12(14,15)16)20-5-4-11(19)18-8-2-3-9(13)10(17)6-8/h2-3,6-7H,4-5,17H2,1H3,(H,18,19). The van der Waals surface area contributed by atoms with Crippen LogP contribution in [0.2, 0.25) is 0 Å². The Morgan fingerprint density at radius 2 is 2.10 bits per heavy atom. The fraction of sp³-hybridized carbons (Fsp3) is 0.417. The Labute approximate surface area is 112 Å². The molecule has 1 unspecified atom stereocenters. The number of amides is 1. The highest BCUT2D eigenvalue weighted by Crippen LogP contribution is 2.22. The molecule has 0 radical (unpaired) electrons. The SMILES string of the molecule is CC(OCCC(=O)Nc1ccc(F)c(N)c1)C(F)(F)F. The van der Waals surface area contributed by atoms with Crippen molar-refractivity contribution in [2.24, 2.45) is 0 Å². The lowest BCUT2D eigenvalue weighted by Crippen LogP contribution is -2.29. The molecule has 8 heteroatoms. The molecule has 1 aromatic carbocycles. The van der Waals surface area contributed by atoms with Crippen LogP contribution < -0.4 is 11.1 Å². The summed E-state index contributed by atoms with van der Waals surface area (Å²) in [6.45, 7) is 0.488. The summed E-state index contributed by atoms with van der Waals surface area (Å²) in [5.74, 6) is -1.17. The minimum atomic E-state index is -4.46. The number of nitrogen functional groups attached to an aromatic ring is 1. The third-order valence-corrected chi connectivity index (χ3v) is 2.44. The first kappa shape index (κ1) is 16.2. The summed E-state index contributed by atoms with van der Waals surface area (Å²) in [6.07, 6.45) is -6.64. The average Bonchev–Trinajstić information content (AvgIpc) is 2.32. The van der Waals surface area contributed by atoms with Crippen molar-refractivity contribution in [3.05, 3.63) is 24.0 Å². The second kappa shape index (κ2) is 6.56. The van der Waals surface area contributed by atoms with Crippen molar-refractivity contribution in [1.29, 1.82) is 0 Å². The van der Waals surface area contributed by atoms with E-state index in [1.807, 2.05) is 0 Å². The topological polar surface area (TPSA) is 64.3 Å². The van der Waals surface area contributed by atoms with Crippen LogP contribution in [0.25, 0.3) is 0 Å². The molecule has 0 saturated carbocycles. The number of ether oxygens (including phenoxy) is 1. The molecule has 0 aliphatic rings. The van der Waals surface area contributed by atoms with E-state index in [4.69, 9.17) is 5.73 Å². The molecule has 0 aliphatic carbocycles. The zero-order valence-electron chi connectivity index (χ0n) is 10.6. The van der Waals surface area contributed by atoms with Crippen molar-refractivity contribution in [3.63, 3.8) is 0 Å². The zero-order chi connectivity index (χ0) is 15.3. The molecule has 1 rings (SSSR count). The summed E-state index contributed by atoms with van der Waals surface area (Å²) in [7, 11) is 0. The molecule has 0 spiro atoms. The molecule has 3 N–H and O–H groups in total. The van der Waals surface area contributed by atoms with Gasteiger partial charge >= 0.3 is 6.18 Å². The van der Waals surface area contributed by atoms with Crippen LogP contribution in [0.4, 0.5) is 28.9 Å². The second-order valence-electron chi connectivity index (χ2n) is 4.09. The number of anilines is 2. The summed E-state index contributed by atoms with van der Waals surface area (Å²) in [5.41, 5.74) is 5.44. The third kappa shape index (κ3) is 5.04. The van der Waals surface area contributed by atoms with Gasteiger partial charge in [0, 0.05) is 5.69 Å². The Balaban J connectivity index is 2.39. The van der Waals surface area contributed by atoms with E-state index in [9.17, 15) is 22.4 Å². The van der Waals surface area contributed by atoms with Crippen LogP contribution in [0.5, 0.6) is 0 Å². The molecule has 1 aromatic rings. The monoisotopic (exact) mass is 294 g/mol. The number of alkyl halides is 3. The molecule has 0 saturated heterocycles. The van der Waals surface area contributed by atoms with Crippen LogP contribution in [0.15, 0.2) is 18.2 Å². The largest absolute Gasteiger partial charge is 0.414 e. The van der Waals surface area contributed by atoms with E-state index < -0.39 is 24.0 Å². The van der Waals surface area contributed by atoms with Crippen LogP contribution in [0, 0.1) is 5.82 Å². The predicted octanol–water partition coefficient (Wildman–Crippen LogP) is 2.70. The summed E-state index contributed by atoms with van der Waals surface area (Å²) in [4.78, 5) is 11.4. The minimum Gasteiger partial charge on any atom is -0.396 e. The molecule has 20 heavy (non-hydrogen) atoms. The fourth-order valence-electron chi connectivity index (χ4n) is 1.27. The molecule has 1 atom stereocenters. The van der Waals surface area contributed by atoms with Gasteiger partial charge in [0.15, 0.2) is 6.10 Å². The Bertz CT molecular complexity index is 477. The lowest BCUT2D eigenvalue weighted by molar-refractivity contribution is -0.214. The van der Waals surface area contributed by atoms with Gasteiger partial charge in [0.1, 0.15) is 5.82 Å². The van der Waals surface area contributed by atoms with Crippen molar-refractivity contribution in [3.8, 4) is 0 Å². The predicted molar refractivity (Wildman–Crippen MR) is 65.5 cm³/mol. The number of nitrogens with two attached hydrogens (primary N) is 1. The van der Waals surface area contributed by atoms with Crippen molar-refractivity contribution in [2.45, 2.75) is 25.6 Å². The maximum absolute atomic E-state index is 12.9. The molecular weight excluding hydrogens is 280 g/mol. The Kier molecular flexibility index (Phi) is 5.32. The van der Waals surface area contributed by atoms with E-state index >= 15 is 0 Å². The molecule has 0 aliphatic heterocycles. The lowest BCUT2D eigenvalue weighted by Gasteiger charge is -2.16. The van der Waals surface area contributed by atoms with Gasteiger partial charge in [-0.3, -0.25) is 4.79 Å². The molecule has 0 heterocycles. The molecule has 4 nitrogen and oxygen atoms in total. The summed E-state index contributed by atoms with van der Waals surface area (Å²) in [5, 5.41) is 2.38. The minimum absolute atomic E-state index is 0.134. The van der Waals surface area contributed by atoms with Crippen molar-refractivity contribution >= 4 is 17.3 Å². The fourth-order valence-corrected chi connectivity index (χ4v) is 1.27. The van der Waals surface area contributed by atoms with Crippen LogP contribution >= 0.6 is 0 Å². The number of rotatable bonds is 5. The molecule has 1 amide bonds. The molecule has 0 bridgehead atoms. The van der Waals surface area contributed by atoms with E-state index in [2.05, 4.69) is 10.1 Å². The van der Waals surface area contributed by atoms with Gasteiger partial charge in [-0.15, -0.1) is 0 Å². The maximum Gasteiger partial charge on any atom is 0.414 e. The van der Waals surface area contributed by atoms with Crippen LogP contribution in [0.1, 0.15) is 13.3 Å². The van der Waals surface area contributed by atoms with Gasteiger partial charge in [-0.2, -0.15) is 13.2 Å². The summed E-state index contributed by atoms with van der Waals surface area (Å²) in [6, 6.07) is 3.59. The van der Waals surface area contributed by atoms with Gasteiger partial charge in [-0.1, -0.05) is 0 Å². The van der Waals surface area contributed by atoms with E-state index in [1.54, 1.807) is 0 Å². The van der Waals surface area contributed by atoms with Gasteiger partial charge in [-0.05, 0) is 25.1 Å². The quantitative estimate of drug-likeness (QED) is 0.648. The van der Waals surface area contributed by atoms with Crippen molar-refractivity contribution in [2.75, 3.05) is 17.7 Å². The second-order valence-corrected chi connectivity index (χ2v) is 4.09. The first-order valence-corrected chi connectivity index (χ1v) is 5.73. The number of benzene rings is 1. The highest BCUT2D eigenvalue weighted by atomic mass is 19.4. The van der Waals surface area contributed by atoms with Gasteiger partial charge in [-0.25, -0.2) is 4.39 Å². The first-order chi connectivity index (χ1) is 9.20. The van der Waals surface area contributed by atoms with Crippen LogP contribution in [-0.4, -0.2) is 24.8 Å². The van der Waals surface area contributed by atoms with Gasteiger partial charge in [0.05, 0.1) is 18.7 Å². The van der Waals surface area contributed by atoms with E-state index in [0.29, 0.717) is 0 Å². The molecular formula is C12H14F4N2O2. The van der Waals surface area contributed by atoms with E-state index in [-0.39, 0.29) is 24.4 Å². The van der Waals surface area contributed by atoms with Gasteiger partial charge in [0.25, 0.3) is 0 Å². The normalized spacial score (nSPS) is 13.1. The molecule has 0 aromatic heterocycles. The number of carbonyl (C=O) groups is 1. The lowest BCUT2D eigenvalue weighted by atomic mass is 10.2. The number of hydrogen-bond donors (Lipinski definition) is 2. The van der Waals surface area contributed by atoms with E-state index in [1.165, 1.54) is 12.1 Å². The zero-order valence-corrected chi connectivity index (χ0v) is 10.6. The Morgan fingerprint density at radius 3 is 2.65 bits per heavy atom. The van der Waals surface area contributed by atoms with Crippen molar-refractivity contribution < 1.29 is 27.1 Å². The highest BCUT2D eigenvalue weighted by molar-refractivity contribution is 5.91. The van der Waals surface area contributed by atoms with Gasteiger partial charge in [0.2, 0.25) is 5.91 Å². The Hall–Kier alpha value is -1.83. The van der Waals surface area contributed by atoms with Crippen molar-refractivity contribution in [1.82, 2.24) is 0 Å². The smallest absolute Gasteiger partial charge is 0.396 e. The maximum atomic E-state index is 12.9. The molecule has 112 valence electrons. The number of halogens is 4. The van der Waals surface area contributed by atoms with E-state index in [0.717, 1.165) is 13.0 Å². The Morgan fingerprint density at radius 1 is 1.45 bits per heavy atom. The number of carbonyl (C=O) groups excluding carboxylic acids is 1. The number of hydrogen-bond acceptors (Lipinski definition) is 3. The first-order valence-electron chi connectivity index (χ1n) is 5.73. The van der Waals surface area contributed by atoms with Crippen LogP contribution in [-0.2, 0) is 9.53 Å². The molecule has 0 fully saturated rings. The summed E-state index contributed by atoms with van der Waals surface area (Å²) < 4.78 is 53.7. The van der Waals surface area contributed by atoms with Gasteiger partial charge < -0.3 is 15.8 Å².